The van der Waals surface area contributed by atoms with Crippen LogP contribution in [0.25, 0.3) is 16.9 Å². The number of nitrogens with zero attached hydrogens (tertiary/aromatic N) is 2. The van der Waals surface area contributed by atoms with Crippen LogP contribution in [-0.2, 0) is 6.42 Å². The molecular formula is C21H23N3O2. The molecule has 0 bridgehead atoms. The molecule has 1 N–H and O–H groups in total. The molecule has 1 aliphatic heterocycles. The van der Waals surface area contributed by atoms with Gasteiger partial charge in [0.2, 0.25) is 0 Å². The summed E-state index contributed by atoms with van der Waals surface area (Å²) < 4.78 is 12.8. The fourth-order valence-corrected chi connectivity index (χ4v) is 3.46. The van der Waals surface area contributed by atoms with Crippen LogP contribution in [-0.4, -0.2) is 30.5 Å². The summed E-state index contributed by atoms with van der Waals surface area (Å²) in [5.74, 6) is 2.73. The lowest BCUT2D eigenvalue weighted by Crippen LogP contribution is -2.08. The number of fused-ring (bicyclic) bond motifs is 1. The van der Waals surface area contributed by atoms with Crippen molar-refractivity contribution < 1.29 is 9.47 Å². The zero-order valence-electron chi connectivity index (χ0n) is 15.2. The minimum absolute atomic E-state index is 0.810. The Morgan fingerprint density at radius 1 is 0.962 bits per heavy atom. The van der Waals surface area contributed by atoms with Crippen molar-refractivity contribution in [3.05, 3.63) is 54.1 Å². The van der Waals surface area contributed by atoms with Gasteiger partial charge in [0, 0.05) is 17.7 Å². The molecule has 134 valence electrons. The van der Waals surface area contributed by atoms with Crippen molar-refractivity contribution in [1.82, 2.24) is 9.78 Å². The SMILES string of the molecule is COc1ccc(-c2nn(-c3ccccc3OC)c3c2CCCCN3)cc1. The van der Waals surface area contributed by atoms with Crippen molar-refractivity contribution in [2.24, 2.45) is 0 Å². The van der Waals surface area contributed by atoms with Gasteiger partial charge in [-0.2, -0.15) is 5.10 Å². The standard InChI is InChI=1S/C21H23N3O2/c1-25-16-12-10-15(11-13-16)20-17-7-5-6-14-22-21(17)24(23-20)18-8-3-4-9-19(18)26-2/h3-4,8-13,22H,5-7,14H2,1-2H3. The lowest BCUT2D eigenvalue weighted by atomic mass is 10.0. The quantitative estimate of drug-likeness (QED) is 0.763. The summed E-state index contributed by atoms with van der Waals surface area (Å²) in [5.41, 5.74) is 4.32. The number of ether oxygens (including phenoxy) is 2. The fourth-order valence-electron chi connectivity index (χ4n) is 3.46. The van der Waals surface area contributed by atoms with Gasteiger partial charge in [-0.3, -0.25) is 0 Å². The lowest BCUT2D eigenvalue weighted by molar-refractivity contribution is 0.412. The van der Waals surface area contributed by atoms with E-state index in [1.54, 1.807) is 14.2 Å². The second-order valence-corrected chi connectivity index (χ2v) is 6.37. The van der Waals surface area contributed by atoms with E-state index in [0.717, 1.165) is 60.1 Å². The van der Waals surface area contributed by atoms with E-state index in [2.05, 4.69) is 17.4 Å². The van der Waals surface area contributed by atoms with Crippen LogP contribution >= 0.6 is 0 Å². The van der Waals surface area contributed by atoms with Gasteiger partial charge < -0.3 is 14.8 Å². The van der Waals surface area contributed by atoms with Crippen LogP contribution in [0.2, 0.25) is 0 Å². The van der Waals surface area contributed by atoms with E-state index in [1.165, 1.54) is 5.56 Å². The molecule has 0 saturated carbocycles. The largest absolute Gasteiger partial charge is 0.497 e. The number of nitrogens with one attached hydrogen (secondary N) is 1. The molecule has 26 heavy (non-hydrogen) atoms. The number of methoxy groups -OCH3 is 2. The molecule has 0 radical (unpaired) electrons. The van der Waals surface area contributed by atoms with E-state index in [-0.39, 0.29) is 0 Å². The third-order valence-electron chi connectivity index (χ3n) is 4.81. The minimum atomic E-state index is 0.810. The molecule has 0 fully saturated rings. The second-order valence-electron chi connectivity index (χ2n) is 6.37. The summed E-state index contributed by atoms with van der Waals surface area (Å²) in [4.78, 5) is 0. The first-order valence-electron chi connectivity index (χ1n) is 8.95. The van der Waals surface area contributed by atoms with Crippen LogP contribution in [0, 0.1) is 0 Å². The van der Waals surface area contributed by atoms with E-state index < -0.39 is 0 Å². The molecule has 0 unspecified atom stereocenters. The van der Waals surface area contributed by atoms with Gasteiger partial charge in [-0.25, -0.2) is 4.68 Å². The number of aromatic nitrogens is 2. The van der Waals surface area contributed by atoms with E-state index >= 15 is 0 Å². The highest BCUT2D eigenvalue weighted by molar-refractivity contribution is 5.72. The van der Waals surface area contributed by atoms with Crippen molar-refractivity contribution in [2.75, 3.05) is 26.1 Å². The fraction of sp³-hybridized carbons (Fsp3) is 0.286. The molecular weight excluding hydrogens is 326 g/mol. The molecule has 0 aliphatic carbocycles. The van der Waals surface area contributed by atoms with Gasteiger partial charge in [-0.05, 0) is 55.7 Å². The third kappa shape index (κ3) is 2.90. The maximum absolute atomic E-state index is 5.56. The van der Waals surface area contributed by atoms with Crippen LogP contribution < -0.4 is 14.8 Å². The van der Waals surface area contributed by atoms with Gasteiger partial charge in [-0.15, -0.1) is 0 Å². The number of hydrogen-bond donors (Lipinski definition) is 1. The van der Waals surface area contributed by atoms with Crippen molar-refractivity contribution in [2.45, 2.75) is 19.3 Å². The van der Waals surface area contributed by atoms with Gasteiger partial charge in [0.25, 0.3) is 0 Å². The molecule has 0 atom stereocenters. The first-order valence-corrected chi connectivity index (χ1v) is 8.95. The molecule has 2 aromatic carbocycles. The highest BCUT2D eigenvalue weighted by Gasteiger charge is 2.23. The van der Waals surface area contributed by atoms with Gasteiger partial charge >= 0.3 is 0 Å². The predicted molar refractivity (Wildman–Crippen MR) is 104 cm³/mol. The summed E-state index contributed by atoms with van der Waals surface area (Å²) in [7, 11) is 3.38. The first-order chi connectivity index (χ1) is 12.8. The molecule has 4 rings (SSSR count). The number of benzene rings is 2. The maximum atomic E-state index is 5.56. The van der Waals surface area contributed by atoms with E-state index in [0.29, 0.717) is 0 Å². The molecule has 5 heteroatoms. The Morgan fingerprint density at radius 2 is 1.77 bits per heavy atom. The Morgan fingerprint density at radius 3 is 2.54 bits per heavy atom. The highest BCUT2D eigenvalue weighted by atomic mass is 16.5. The van der Waals surface area contributed by atoms with Gasteiger partial charge in [0.1, 0.15) is 23.0 Å². The second kappa shape index (κ2) is 7.12. The smallest absolute Gasteiger partial charge is 0.144 e. The Bertz CT molecular complexity index is 900. The van der Waals surface area contributed by atoms with E-state index in [4.69, 9.17) is 14.6 Å². The normalized spacial score (nSPS) is 13.5. The maximum Gasteiger partial charge on any atom is 0.144 e. The van der Waals surface area contributed by atoms with Crippen LogP contribution in [0.3, 0.4) is 0 Å². The van der Waals surface area contributed by atoms with Crippen LogP contribution in [0.1, 0.15) is 18.4 Å². The van der Waals surface area contributed by atoms with Crippen LogP contribution in [0.4, 0.5) is 5.82 Å². The van der Waals surface area contributed by atoms with Gasteiger partial charge in [0.05, 0.1) is 19.9 Å². The van der Waals surface area contributed by atoms with Crippen LogP contribution in [0.15, 0.2) is 48.5 Å². The molecule has 5 nitrogen and oxygen atoms in total. The average Bonchev–Trinajstić information content (AvgIpc) is 2.88. The molecule has 0 saturated heterocycles. The topological polar surface area (TPSA) is 48.3 Å². The molecule has 2 heterocycles. The summed E-state index contributed by atoms with van der Waals surface area (Å²) in [5, 5.41) is 8.55. The number of anilines is 1. The lowest BCUT2D eigenvalue weighted by Gasteiger charge is -2.12. The molecule has 3 aromatic rings. The van der Waals surface area contributed by atoms with Crippen molar-refractivity contribution in [3.63, 3.8) is 0 Å². The average molecular weight is 349 g/mol. The predicted octanol–water partition coefficient (Wildman–Crippen LogP) is 4.30. The first kappa shape index (κ1) is 16.5. The summed E-state index contributed by atoms with van der Waals surface area (Å²) >= 11 is 0. The van der Waals surface area contributed by atoms with Crippen molar-refractivity contribution >= 4 is 5.82 Å². The minimum Gasteiger partial charge on any atom is -0.497 e. The Kier molecular flexibility index (Phi) is 4.52. The number of para-hydroxylation sites is 2. The Balaban J connectivity index is 1.88. The summed E-state index contributed by atoms with van der Waals surface area (Å²) in [6, 6.07) is 16.1. The van der Waals surface area contributed by atoms with Crippen molar-refractivity contribution in [3.8, 4) is 28.4 Å². The van der Waals surface area contributed by atoms with E-state index in [1.807, 2.05) is 41.1 Å². The van der Waals surface area contributed by atoms with E-state index in [9.17, 15) is 0 Å². The number of hydrogen-bond acceptors (Lipinski definition) is 4. The molecule has 1 aromatic heterocycles. The zero-order chi connectivity index (χ0) is 17.9. The van der Waals surface area contributed by atoms with Gasteiger partial charge in [0.15, 0.2) is 0 Å². The van der Waals surface area contributed by atoms with Crippen molar-refractivity contribution in [1.29, 1.82) is 0 Å². The van der Waals surface area contributed by atoms with Gasteiger partial charge in [-0.1, -0.05) is 12.1 Å². The molecule has 0 amide bonds. The Labute approximate surface area is 153 Å². The summed E-state index contributed by atoms with van der Waals surface area (Å²) in [6.07, 6.45) is 3.32. The Hall–Kier alpha value is -2.95. The van der Waals surface area contributed by atoms with Crippen LogP contribution in [0.5, 0.6) is 11.5 Å². The molecule has 1 aliphatic rings. The zero-order valence-corrected chi connectivity index (χ0v) is 15.2. The summed E-state index contributed by atoms with van der Waals surface area (Å²) in [6.45, 7) is 0.954. The number of rotatable bonds is 4. The molecule has 0 spiro atoms. The monoisotopic (exact) mass is 349 g/mol. The third-order valence-corrected chi connectivity index (χ3v) is 4.81. The highest BCUT2D eigenvalue weighted by Crippen LogP contribution is 2.36.